The molecule has 2 unspecified atom stereocenters. The highest BCUT2D eigenvalue weighted by molar-refractivity contribution is 9.09. The molecule has 1 aliphatic heterocycles. The van der Waals surface area contributed by atoms with Crippen LogP contribution in [0.25, 0.3) is 0 Å². The summed E-state index contributed by atoms with van der Waals surface area (Å²) in [6, 6.07) is 5.21. The predicted molar refractivity (Wildman–Crippen MR) is 74.7 cm³/mol. The van der Waals surface area contributed by atoms with E-state index in [1.165, 1.54) is 7.11 Å². The third-order valence-electron chi connectivity index (χ3n) is 3.51. The van der Waals surface area contributed by atoms with Gasteiger partial charge in [0, 0.05) is 17.9 Å². The second kappa shape index (κ2) is 6.02. The van der Waals surface area contributed by atoms with Crippen LogP contribution in [0.5, 0.6) is 5.75 Å². The van der Waals surface area contributed by atoms with E-state index in [1.807, 2.05) is 6.07 Å². The third kappa shape index (κ3) is 3.23. The fourth-order valence-electron chi connectivity index (χ4n) is 2.41. The molecule has 0 amide bonds. The summed E-state index contributed by atoms with van der Waals surface area (Å²) in [7, 11) is 1.49. The Balaban J connectivity index is 1.99. The van der Waals surface area contributed by atoms with Gasteiger partial charge in [-0.25, -0.2) is 4.39 Å². The molecule has 0 N–H and O–H groups in total. The van der Waals surface area contributed by atoms with Gasteiger partial charge in [0.15, 0.2) is 11.6 Å². The Hall–Kier alpha value is -0.610. The summed E-state index contributed by atoms with van der Waals surface area (Å²) >= 11 is 3.69. The lowest BCUT2D eigenvalue weighted by atomic mass is 9.99. The molecule has 0 saturated carbocycles. The molecule has 18 heavy (non-hydrogen) atoms. The van der Waals surface area contributed by atoms with Crippen molar-refractivity contribution in [2.75, 3.05) is 20.2 Å². The van der Waals surface area contributed by atoms with Crippen LogP contribution in [0.15, 0.2) is 18.2 Å². The van der Waals surface area contributed by atoms with E-state index in [9.17, 15) is 4.39 Å². The molecule has 1 saturated heterocycles. The van der Waals surface area contributed by atoms with Crippen LogP contribution in [-0.2, 0) is 6.54 Å². The number of rotatable bonds is 3. The lowest BCUT2D eigenvalue weighted by molar-refractivity contribution is 0.183. The van der Waals surface area contributed by atoms with Crippen molar-refractivity contribution in [3.8, 4) is 5.75 Å². The van der Waals surface area contributed by atoms with Crippen molar-refractivity contribution in [1.82, 2.24) is 4.90 Å². The molecule has 0 bridgehead atoms. The minimum Gasteiger partial charge on any atom is -0.494 e. The minimum atomic E-state index is -0.279. The molecule has 0 aliphatic carbocycles. The zero-order valence-corrected chi connectivity index (χ0v) is 12.4. The number of nitrogens with zero attached hydrogens (tertiary/aromatic N) is 1. The number of piperidine rings is 1. The van der Waals surface area contributed by atoms with Gasteiger partial charge in [-0.15, -0.1) is 0 Å². The van der Waals surface area contributed by atoms with Crippen LogP contribution >= 0.6 is 15.9 Å². The Labute approximate surface area is 116 Å². The summed E-state index contributed by atoms with van der Waals surface area (Å²) in [6.45, 7) is 5.18. The highest BCUT2D eigenvalue weighted by atomic mass is 79.9. The summed E-state index contributed by atoms with van der Waals surface area (Å²) in [5.41, 5.74) is 1.01. The molecular formula is C14H19BrFNO. The lowest BCUT2D eigenvalue weighted by Gasteiger charge is -2.34. The van der Waals surface area contributed by atoms with Crippen LogP contribution in [0.2, 0.25) is 0 Å². The summed E-state index contributed by atoms with van der Waals surface area (Å²) < 4.78 is 18.5. The van der Waals surface area contributed by atoms with Gasteiger partial charge < -0.3 is 4.74 Å². The SMILES string of the molecule is COc1ccc(CN2CCC(Br)C(C)C2)cc1F. The highest BCUT2D eigenvalue weighted by Crippen LogP contribution is 2.25. The Bertz CT molecular complexity index is 413. The topological polar surface area (TPSA) is 12.5 Å². The van der Waals surface area contributed by atoms with Crippen LogP contribution in [-0.4, -0.2) is 29.9 Å². The van der Waals surface area contributed by atoms with Gasteiger partial charge in [-0.2, -0.15) is 0 Å². The Morgan fingerprint density at radius 2 is 2.28 bits per heavy atom. The van der Waals surface area contributed by atoms with Gasteiger partial charge in [-0.05, 0) is 36.6 Å². The summed E-state index contributed by atoms with van der Waals surface area (Å²) in [5, 5.41) is 0. The van der Waals surface area contributed by atoms with E-state index in [4.69, 9.17) is 4.74 Å². The smallest absolute Gasteiger partial charge is 0.165 e. The zero-order valence-electron chi connectivity index (χ0n) is 10.8. The number of methoxy groups -OCH3 is 1. The summed E-state index contributed by atoms with van der Waals surface area (Å²) in [6.07, 6.45) is 1.15. The summed E-state index contributed by atoms with van der Waals surface area (Å²) in [5.74, 6) is 0.673. The first-order valence-corrected chi connectivity index (χ1v) is 7.20. The average molecular weight is 316 g/mol. The van der Waals surface area contributed by atoms with E-state index in [-0.39, 0.29) is 5.82 Å². The fourth-order valence-corrected chi connectivity index (χ4v) is 2.79. The molecule has 1 heterocycles. The lowest BCUT2D eigenvalue weighted by Crippen LogP contribution is -2.39. The van der Waals surface area contributed by atoms with Crippen molar-refractivity contribution in [2.45, 2.75) is 24.7 Å². The molecular weight excluding hydrogens is 297 g/mol. The molecule has 1 aromatic carbocycles. The van der Waals surface area contributed by atoms with Crippen LogP contribution in [0, 0.1) is 11.7 Å². The zero-order chi connectivity index (χ0) is 13.1. The van der Waals surface area contributed by atoms with Crippen LogP contribution < -0.4 is 4.74 Å². The number of likely N-dealkylation sites (tertiary alicyclic amines) is 1. The van der Waals surface area contributed by atoms with Gasteiger partial charge in [-0.3, -0.25) is 4.90 Å². The van der Waals surface area contributed by atoms with Crippen molar-refractivity contribution in [2.24, 2.45) is 5.92 Å². The second-order valence-corrected chi connectivity index (χ2v) is 6.16. The Kier molecular flexibility index (Phi) is 4.62. The number of alkyl halides is 1. The van der Waals surface area contributed by atoms with E-state index in [2.05, 4.69) is 27.8 Å². The largest absolute Gasteiger partial charge is 0.494 e. The summed E-state index contributed by atoms with van der Waals surface area (Å²) in [4.78, 5) is 2.99. The monoisotopic (exact) mass is 315 g/mol. The molecule has 100 valence electrons. The number of hydrogen-bond donors (Lipinski definition) is 0. The van der Waals surface area contributed by atoms with Gasteiger partial charge in [0.05, 0.1) is 7.11 Å². The van der Waals surface area contributed by atoms with Crippen molar-refractivity contribution in [1.29, 1.82) is 0 Å². The molecule has 2 nitrogen and oxygen atoms in total. The third-order valence-corrected chi connectivity index (χ3v) is 4.87. The second-order valence-electron chi connectivity index (χ2n) is 4.99. The maximum absolute atomic E-state index is 13.6. The first-order chi connectivity index (χ1) is 8.60. The molecule has 0 spiro atoms. The quantitative estimate of drug-likeness (QED) is 0.792. The normalized spacial score (nSPS) is 25.1. The van der Waals surface area contributed by atoms with Crippen molar-refractivity contribution in [3.05, 3.63) is 29.6 Å². The maximum atomic E-state index is 13.6. The number of ether oxygens (including phenoxy) is 1. The Morgan fingerprint density at radius 1 is 1.50 bits per heavy atom. The highest BCUT2D eigenvalue weighted by Gasteiger charge is 2.23. The average Bonchev–Trinajstić information content (AvgIpc) is 2.34. The molecule has 2 atom stereocenters. The first-order valence-electron chi connectivity index (χ1n) is 6.29. The Morgan fingerprint density at radius 3 is 2.89 bits per heavy atom. The van der Waals surface area contributed by atoms with Gasteiger partial charge >= 0.3 is 0 Å². The standard InChI is InChI=1S/C14H19BrFNO/c1-10-8-17(6-5-12(10)15)9-11-3-4-14(18-2)13(16)7-11/h3-4,7,10,12H,5-6,8-9H2,1-2H3. The van der Waals surface area contributed by atoms with Crippen molar-refractivity contribution < 1.29 is 9.13 Å². The molecule has 1 aliphatic rings. The van der Waals surface area contributed by atoms with E-state index < -0.39 is 0 Å². The molecule has 2 rings (SSSR count). The maximum Gasteiger partial charge on any atom is 0.165 e. The van der Waals surface area contributed by atoms with Gasteiger partial charge in [0.2, 0.25) is 0 Å². The van der Waals surface area contributed by atoms with E-state index in [1.54, 1.807) is 12.1 Å². The fraction of sp³-hybridized carbons (Fsp3) is 0.571. The van der Waals surface area contributed by atoms with E-state index in [0.29, 0.717) is 16.5 Å². The molecule has 0 radical (unpaired) electrons. The van der Waals surface area contributed by atoms with Crippen molar-refractivity contribution >= 4 is 15.9 Å². The number of benzene rings is 1. The molecule has 1 fully saturated rings. The molecule has 0 aromatic heterocycles. The number of hydrogen-bond acceptors (Lipinski definition) is 2. The molecule has 1 aromatic rings. The van der Waals surface area contributed by atoms with Crippen LogP contribution in [0.4, 0.5) is 4.39 Å². The van der Waals surface area contributed by atoms with Crippen LogP contribution in [0.3, 0.4) is 0 Å². The minimum absolute atomic E-state index is 0.279. The van der Waals surface area contributed by atoms with Gasteiger partial charge in [0.25, 0.3) is 0 Å². The van der Waals surface area contributed by atoms with Gasteiger partial charge in [0.1, 0.15) is 0 Å². The predicted octanol–water partition coefficient (Wildman–Crippen LogP) is 3.44. The number of halogens is 2. The van der Waals surface area contributed by atoms with E-state index >= 15 is 0 Å². The van der Waals surface area contributed by atoms with Crippen molar-refractivity contribution in [3.63, 3.8) is 0 Å². The van der Waals surface area contributed by atoms with Gasteiger partial charge in [-0.1, -0.05) is 28.9 Å². The first kappa shape index (κ1) is 13.8. The van der Waals surface area contributed by atoms with Crippen LogP contribution in [0.1, 0.15) is 18.9 Å². The van der Waals surface area contributed by atoms with E-state index in [0.717, 1.165) is 31.6 Å². The molecule has 4 heteroatoms.